The van der Waals surface area contributed by atoms with Crippen molar-refractivity contribution in [1.29, 1.82) is 0 Å². The molecule has 1 N–H and O–H groups in total. The topological polar surface area (TPSA) is 81.4 Å². The molecule has 4 rings (SSSR count). The Bertz CT molecular complexity index is 1150. The predicted molar refractivity (Wildman–Crippen MR) is 111 cm³/mol. The quantitative estimate of drug-likeness (QED) is 0.546. The molecule has 146 valence electrons. The SMILES string of the molecule is CCc1ccc(OCC(=O)Nc2nccc(-c3c(C)nc4ccccn34)n2)cc1. The summed E-state index contributed by atoms with van der Waals surface area (Å²) in [6.45, 7) is 3.90. The van der Waals surface area contributed by atoms with Gasteiger partial charge in [-0.25, -0.2) is 15.0 Å². The molecule has 0 atom stereocenters. The second kappa shape index (κ2) is 8.10. The van der Waals surface area contributed by atoms with Crippen molar-refractivity contribution < 1.29 is 9.53 Å². The van der Waals surface area contributed by atoms with E-state index in [1.54, 1.807) is 12.3 Å². The van der Waals surface area contributed by atoms with Gasteiger partial charge in [-0.2, -0.15) is 0 Å². The molecular formula is C22H21N5O2. The Labute approximate surface area is 168 Å². The van der Waals surface area contributed by atoms with Crippen LogP contribution >= 0.6 is 0 Å². The number of anilines is 1. The van der Waals surface area contributed by atoms with Gasteiger partial charge in [0, 0.05) is 12.4 Å². The highest BCUT2D eigenvalue weighted by atomic mass is 16.5. The second-order valence-electron chi connectivity index (χ2n) is 6.57. The van der Waals surface area contributed by atoms with Crippen LogP contribution in [0.2, 0.25) is 0 Å². The van der Waals surface area contributed by atoms with Crippen molar-refractivity contribution in [2.45, 2.75) is 20.3 Å². The zero-order valence-corrected chi connectivity index (χ0v) is 16.3. The van der Waals surface area contributed by atoms with Crippen LogP contribution in [0.4, 0.5) is 5.95 Å². The van der Waals surface area contributed by atoms with E-state index in [2.05, 4.69) is 27.2 Å². The van der Waals surface area contributed by atoms with Crippen molar-refractivity contribution in [3.8, 4) is 17.1 Å². The highest BCUT2D eigenvalue weighted by molar-refractivity contribution is 5.90. The molecule has 0 spiro atoms. The molecule has 4 aromatic rings. The Kier molecular flexibility index (Phi) is 5.20. The average molecular weight is 387 g/mol. The zero-order chi connectivity index (χ0) is 20.2. The van der Waals surface area contributed by atoms with Crippen LogP contribution in [0.15, 0.2) is 60.9 Å². The van der Waals surface area contributed by atoms with E-state index in [1.165, 1.54) is 5.56 Å². The lowest BCUT2D eigenvalue weighted by atomic mass is 10.2. The molecule has 1 aromatic carbocycles. The summed E-state index contributed by atoms with van der Waals surface area (Å²) in [5, 5.41) is 2.69. The van der Waals surface area contributed by atoms with Gasteiger partial charge in [0.1, 0.15) is 11.4 Å². The summed E-state index contributed by atoms with van der Waals surface area (Å²) in [6, 6.07) is 15.3. The van der Waals surface area contributed by atoms with Crippen LogP contribution in [0.1, 0.15) is 18.2 Å². The number of hydrogen-bond donors (Lipinski definition) is 1. The van der Waals surface area contributed by atoms with Crippen molar-refractivity contribution in [3.05, 3.63) is 72.2 Å². The first-order chi connectivity index (χ1) is 14.1. The van der Waals surface area contributed by atoms with Crippen molar-refractivity contribution in [2.75, 3.05) is 11.9 Å². The first-order valence-corrected chi connectivity index (χ1v) is 9.42. The van der Waals surface area contributed by atoms with Gasteiger partial charge in [0.25, 0.3) is 5.91 Å². The van der Waals surface area contributed by atoms with Crippen LogP contribution in [0.3, 0.4) is 0 Å². The third-order valence-electron chi connectivity index (χ3n) is 4.56. The lowest BCUT2D eigenvalue weighted by Crippen LogP contribution is -2.21. The van der Waals surface area contributed by atoms with Gasteiger partial charge in [-0.3, -0.25) is 14.5 Å². The largest absolute Gasteiger partial charge is 0.484 e. The number of amides is 1. The summed E-state index contributed by atoms with van der Waals surface area (Å²) in [5.74, 6) is 0.549. The van der Waals surface area contributed by atoms with Crippen molar-refractivity contribution in [2.24, 2.45) is 0 Å². The summed E-state index contributed by atoms with van der Waals surface area (Å²) in [4.78, 5) is 25.4. The highest BCUT2D eigenvalue weighted by Crippen LogP contribution is 2.23. The molecular weight excluding hydrogens is 366 g/mol. The molecule has 7 nitrogen and oxygen atoms in total. The van der Waals surface area contributed by atoms with Gasteiger partial charge in [-0.15, -0.1) is 0 Å². The summed E-state index contributed by atoms with van der Waals surface area (Å²) >= 11 is 0. The number of pyridine rings is 1. The zero-order valence-electron chi connectivity index (χ0n) is 16.3. The minimum Gasteiger partial charge on any atom is -0.484 e. The molecule has 0 unspecified atom stereocenters. The number of rotatable bonds is 6. The lowest BCUT2D eigenvalue weighted by Gasteiger charge is -2.08. The first kappa shape index (κ1) is 18.6. The van der Waals surface area contributed by atoms with Gasteiger partial charge in [0.05, 0.1) is 17.1 Å². The van der Waals surface area contributed by atoms with Crippen molar-refractivity contribution in [1.82, 2.24) is 19.4 Å². The number of ether oxygens (including phenoxy) is 1. The van der Waals surface area contributed by atoms with Crippen LogP contribution in [0.5, 0.6) is 5.75 Å². The maximum absolute atomic E-state index is 12.3. The highest BCUT2D eigenvalue weighted by Gasteiger charge is 2.13. The molecule has 0 saturated heterocycles. The Morgan fingerprint density at radius 3 is 2.72 bits per heavy atom. The minimum absolute atomic E-state index is 0.117. The van der Waals surface area contributed by atoms with Crippen LogP contribution < -0.4 is 10.1 Å². The normalized spacial score (nSPS) is 10.8. The average Bonchev–Trinajstić information content (AvgIpc) is 3.08. The van der Waals surface area contributed by atoms with Crippen LogP contribution in [-0.4, -0.2) is 31.9 Å². The Morgan fingerprint density at radius 2 is 1.93 bits per heavy atom. The molecule has 3 aromatic heterocycles. The van der Waals surface area contributed by atoms with Gasteiger partial charge in [-0.1, -0.05) is 25.1 Å². The van der Waals surface area contributed by atoms with Crippen LogP contribution in [0, 0.1) is 6.92 Å². The van der Waals surface area contributed by atoms with E-state index in [0.717, 1.165) is 23.5 Å². The van der Waals surface area contributed by atoms with Crippen LogP contribution in [0.25, 0.3) is 17.0 Å². The fourth-order valence-electron chi connectivity index (χ4n) is 3.10. The Balaban J connectivity index is 1.47. The van der Waals surface area contributed by atoms with Crippen molar-refractivity contribution in [3.63, 3.8) is 0 Å². The van der Waals surface area contributed by atoms with E-state index in [1.807, 2.05) is 60.0 Å². The third kappa shape index (κ3) is 4.08. The number of benzene rings is 1. The molecule has 7 heteroatoms. The summed E-state index contributed by atoms with van der Waals surface area (Å²) in [5.41, 5.74) is 4.46. The molecule has 1 amide bonds. The van der Waals surface area contributed by atoms with E-state index in [9.17, 15) is 4.79 Å². The first-order valence-electron chi connectivity index (χ1n) is 9.42. The van der Waals surface area contributed by atoms with E-state index in [4.69, 9.17) is 4.74 Å². The fourth-order valence-corrected chi connectivity index (χ4v) is 3.10. The van der Waals surface area contributed by atoms with Gasteiger partial charge in [0.2, 0.25) is 5.95 Å². The molecule has 0 saturated carbocycles. The number of aromatic nitrogens is 4. The number of fused-ring (bicyclic) bond motifs is 1. The van der Waals surface area contributed by atoms with Crippen molar-refractivity contribution >= 4 is 17.5 Å². The number of hydrogen-bond acceptors (Lipinski definition) is 5. The van der Waals surface area contributed by atoms with E-state index in [0.29, 0.717) is 11.4 Å². The third-order valence-corrected chi connectivity index (χ3v) is 4.56. The number of nitrogens with zero attached hydrogens (tertiary/aromatic N) is 4. The molecule has 0 aliphatic carbocycles. The lowest BCUT2D eigenvalue weighted by molar-refractivity contribution is -0.118. The van der Waals surface area contributed by atoms with E-state index < -0.39 is 0 Å². The van der Waals surface area contributed by atoms with Gasteiger partial charge in [0.15, 0.2) is 6.61 Å². The minimum atomic E-state index is -0.323. The number of nitrogens with one attached hydrogen (secondary N) is 1. The summed E-state index contributed by atoms with van der Waals surface area (Å²) < 4.78 is 7.50. The second-order valence-corrected chi connectivity index (χ2v) is 6.57. The Hall–Kier alpha value is -3.74. The smallest absolute Gasteiger partial charge is 0.264 e. The van der Waals surface area contributed by atoms with E-state index >= 15 is 0 Å². The number of carbonyl (C=O) groups excluding carboxylic acids is 1. The number of carbonyl (C=O) groups is 1. The van der Waals surface area contributed by atoms with E-state index in [-0.39, 0.29) is 18.5 Å². The predicted octanol–water partition coefficient (Wildman–Crippen LogP) is 3.68. The summed E-state index contributed by atoms with van der Waals surface area (Å²) in [7, 11) is 0. The fraction of sp³-hybridized carbons (Fsp3) is 0.182. The monoisotopic (exact) mass is 387 g/mol. The standard InChI is InChI=1S/C22H21N5O2/c1-3-16-7-9-17(10-8-16)29-14-20(28)26-22-23-12-11-18(25-22)21-15(2)24-19-6-4-5-13-27(19)21/h4-13H,3,14H2,1-2H3,(H,23,25,26,28). The molecule has 0 aliphatic heterocycles. The molecule has 29 heavy (non-hydrogen) atoms. The molecule has 0 bridgehead atoms. The van der Waals surface area contributed by atoms with Gasteiger partial charge >= 0.3 is 0 Å². The van der Waals surface area contributed by atoms with Gasteiger partial charge < -0.3 is 4.74 Å². The van der Waals surface area contributed by atoms with Crippen LogP contribution in [-0.2, 0) is 11.2 Å². The molecule has 0 fully saturated rings. The molecule has 3 heterocycles. The molecule has 0 radical (unpaired) electrons. The Morgan fingerprint density at radius 1 is 1.10 bits per heavy atom. The number of aryl methyl sites for hydroxylation is 2. The maximum Gasteiger partial charge on any atom is 0.264 e. The maximum atomic E-state index is 12.3. The molecule has 0 aliphatic rings. The summed E-state index contributed by atoms with van der Waals surface area (Å²) in [6.07, 6.45) is 4.51. The van der Waals surface area contributed by atoms with Gasteiger partial charge in [-0.05, 0) is 49.2 Å². The number of imidazole rings is 1.